The summed E-state index contributed by atoms with van der Waals surface area (Å²) in [5, 5.41) is 0.725. The maximum Gasteiger partial charge on any atom is 0.175 e. The Morgan fingerprint density at radius 1 is 0.973 bits per heavy atom. The average Bonchev–Trinajstić information content (AvgIpc) is 3.50. The lowest BCUT2D eigenvalue weighted by atomic mass is 9.83. The fourth-order valence-corrected chi connectivity index (χ4v) is 6.33. The predicted molar refractivity (Wildman–Crippen MR) is 150 cm³/mol. The molecule has 0 amide bonds. The molecule has 5 nitrogen and oxygen atoms in total. The third-order valence-electron chi connectivity index (χ3n) is 7.43. The Balaban J connectivity index is 1.59. The van der Waals surface area contributed by atoms with Crippen LogP contribution in [-0.4, -0.2) is 42.7 Å². The highest BCUT2D eigenvalue weighted by Gasteiger charge is 2.34. The summed E-state index contributed by atoms with van der Waals surface area (Å²) in [7, 11) is -1.11. The molecule has 0 aliphatic carbocycles. The zero-order chi connectivity index (χ0) is 26.4. The van der Waals surface area contributed by atoms with Crippen molar-refractivity contribution in [3.8, 4) is 16.8 Å². The van der Waals surface area contributed by atoms with Crippen LogP contribution in [0.4, 0.5) is 0 Å². The molecule has 7 heteroatoms. The van der Waals surface area contributed by atoms with E-state index in [0.717, 1.165) is 51.9 Å². The molecule has 0 saturated carbocycles. The van der Waals surface area contributed by atoms with E-state index in [2.05, 4.69) is 54.8 Å². The minimum atomic E-state index is -3.27. The van der Waals surface area contributed by atoms with E-state index < -0.39 is 15.3 Å². The van der Waals surface area contributed by atoms with Gasteiger partial charge < -0.3 is 4.57 Å². The first-order valence-corrected chi connectivity index (χ1v) is 14.8. The van der Waals surface area contributed by atoms with Gasteiger partial charge in [-0.1, -0.05) is 54.1 Å². The fraction of sp³-hybridized carbons (Fsp3) is 0.300. The largest absolute Gasteiger partial charge is 0.303 e. The lowest BCUT2D eigenvalue weighted by Crippen LogP contribution is -2.24. The second-order valence-electron chi connectivity index (χ2n) is 10.4. The second-order valence-corrected chi connectivity index (χ2v) is 12.9. The van der Waals surface area contributed by atoms with E-state index in [1.165, 1.54) is 12.7 Å². The van der Waals surface area contributed by atoms with Gasteiger partial charge in [-0.15, -0.1) is 0 Å². The molecule has 1 aliphatic rings. The summed E-state index contributed by atoms with van der Waals surface area (Å²) in [6, 6.07) is 23.5. The zero-order valence-electron chi connectivity index (χ0n) is 21.6. The molecule has 3 aromatic carbocycles. The number of sulfone groups is 1. The van der Waals surface area contributed by atoms with Gasteiger partial charge >= 0.3 is 0 Å². The SMILES string of the molecule is CN1CCCC1c1cn(-c2ccc(-c3cccc(S(C)(=O)=O)c3)cc2)c(C(C)(C)c2ccccc2Cl)n1. The van der Waals surface area contributed by atoms with Crippen LogP contribution in [0.5, 0.6) is 0 Å². The first-order valence-electron chi connectivity index (χ1n) is 12.5. The highest BCUT2D eigenvalue weighted by molar-refractivity contribution is 7.90. The Bertz CT molecular complexity index is 1540. The van der Waals surface area contributed by atoms with Crippen LogP contribution in [0.15, 0.2) is 83.9 Å². The number of likely N-dealkylation sites (tertiary alicyclic amines) is 1. The van der Waals surface area contributed by atoms with E-state index in [1.807, 2.05) is 36.4 Å². The summed E-state index contributed by atoms with van der Waals surface area (Å²) in [6.45, 7) is 5.41. The normalized spacial score (nSPS) is 16.8. The Labute approximate surface area is 224 Å². The zero-order valence-corrected chi connectivity index (χ0v) is 23.2. The monoisotopic (exact) mass is 533 g/mol. The molecule has 0 radical (unpaired) electrons. The number of aromatic nitrogens is 2. The summed E-state index contributed by atoms with van der Waals surface area (Å²) in [4.78, 5) is 7.91. The Morgan fingerprint density at radius 2 is 1.70 bits per heavy atom. The molecule has 1 aliphatic heterocycles. The summed E-state index contributed by atoms with van der Waals surface area (Å²) < 4.78 is 26.3. The molecule has 1 saturated heterocycles. The maximum atomic E-state index is 12.0. The molecule has 37 heavy (non-hydrogen) atoms. The van der Waals surface area contributed by atoms with Crippen LogP contribution in [0.25, 0.3) is 16.8 Å². The molecular weight excluding hydrogens is 502 g/mol. The van der Waals surface area contributed by atoms with Crippen molar-refractivity contribution in [1.29, 1.82) is 0 Å². The molecule has 0 bridgehead atoms. The van der Waals surface area contributed by atoms with Crippen molar-refractivity contribution in [1.82, 2.24) is 14.5 Å². The van der Waals surface area contributed by atoms with E-state index in [1.54, 1.807) is 18.2 Å². The summed E-state index contributed by atoms with van der Waals surface area (Å²) >= 11 is 6.66. The molecule has 0 N–H and O–H groups in total. The van der Waals surface area contributed by atoms with E-state index in [9.17, 15) is 8.42 Å². The van der Waals surface area contributed by atoms with E-state index in [4.69, 9.17) is 16.6 Å². The first kappa shape index (κ1) is 25.7. The van der Waals surface area contributed by atoms with Crippen molar-refractivity contribution in [2.45, 2.75) is 43.0 Å². The standard InChI is InChI=1S/C30H32ClN3O2S/c1-30(2,25-11-5-6-12-26(25)31)29-32-27(28-13-8-18-33(28)3)20-34(29)23-16-14-21(15-17-23)22-9-7-10-24(19-22)37(4,35)36/h5-7,9-12,14-17,19-20,28H,8,13,18H2,1-4H3. The first-order chi connectivity index (χ1) is 17.6. The van der Waals surface area contributed by atoms with Crippen LogP contribution in [0, 0.1) is 0 Å². The van der Waals surface area contributed by atoms with Gasteiger partial charge in [0.1, 0.15) is 5.82 Å². The topological polar surface area (TPSA) is 55.2 Å². The van der Waals surface area contributed by atoms with Crippen molar-refractivity contribution in [2.75, 3.05) is 19.8 Å². The second kappa shape index (κ2) is 9.75. The van der Waals surface area contributed by atoms with Gasteiger partial charge in [0.2, 0.25) is 0 Å². The molecule has 2 heterocycles. The molecule has 0 spiro atoms. The van der Waals surface area contributed by atoms with Gasteiger partial charge in [-0.3, -0.25) is 4.90 Å². The van der Waals surface area contributed by atoms with Gasteiger partial charge in [0.05, 0.1) is 16.6 Å². The minimum absolute atomic E-state index is 0.292. The van der Waals surface area contributed by atoms with Gasteiger partial charge in [-0.25, -0.2) is 13.4 Å². The molecular formula is C30H32ClN3O2S. The van der Waals surface area contributed by atoms with Crippen LogP contribution in [-0.2, 0) is 15.3 Å². The Kier molecular flexibility index (Phi) is 6.77. The lowest BCUT2D eigenvalue weighted by Gasteiger charge is -2.27. The van der Waals surface area contributed by atoms with Crippen molar-refractivity contribution < 1.29 is 8.42 Å². The van der Waals surface area contributed by atoms with Gasteiger partial charge in [0.15, 0.2) is 9.84 Å². The number of benzene rings is 3. The van der Waals surface area contributed by atoms with E-state index in [-0.39, 0.29) is 0 Å². The molecule has 1 aromatic heterocycles. The summed E-state index contributed by atoms with van der Waals surface area (Å²) in [6.07, 6.45) is 5.66. The Morgan fingerprint density at radius 3 is 2.35 bits per heavy atom. The van der Waals surface area contributed by atoms with Crippen molar-refractivity contribution >= 4 is 21.4 Å². The Hall–Kier alpha value is -2.93. The van der Waals surface area contributed by atoms with Crippen LogP contribution in [0.3, 0.4) is 0 Å². The van der Waals surface area contributed by atoms with Gasteiger partial charge in [0.25, 0.3) is 0 Å². The van der Waals surface area contributed by atoms with Crippen molar-refractivity contribution in [3.63, 3.8) is 0 Å². The predicted octanol–water partition coefficient (Wildman–Crippen LogP) is 6.69. The number of hydrogen-bond acceptors (Lipinski definition) is 4. The highest BCUT2D eigenvalue weighted by Crippen LogP contribution is 2.39. The average molecular weight is 534 g/mol. The molecule has 5 rings (SSSR count). The van der Waals surface area contributed by atoms with Crippen molar-refractivity contribution in [2.24, 2.45) is 0 Å². The van der Waals surface area contributed by atoms with Gasteiger partial charge in [-0.2, -0.15) is 0 Å². The van der Waals surface area contributed by atoms with Crippen LogP contribution in [0.2, 0.25) is 5.02 Å². The molecule has 192 valence electrons. The summed E-state index contributed by atoms with van der Waals surface area (Å²) in [5.74, 6) is 0.933. The smallest absolute Gasteiger partial charge is 0.175 e. The van der Waals surface area contributed by atoms with Gasteiger partial charge in [0, 0.05) is 28.6 Å². The number of hydrogen-bond donors (Lipinski definition) is 0. The third kappa shape index (κ3) is 4.98. The third-order valence-corrected chi connectivity index (χ3v) is 8.87. The fourth-order valence-electron chi connectivity index (χ4n) is 5.29. The quantitative estimate of drug-likeness (QED) is 0.277. The van der Waals surface area contributed by atoms with Gasteiger partial charge in [-0.05, 0) is 87.3 Å². The molecule has 1 unspecified atom stereocenters. The maximum absolute atomic E-state index is 12.0. The summed E-state index contributed by atoms with van der Waals surface area (Å²) in [5.41, 5.74) is 4.49. The number of nitrogens with zero attached hydrogens (tertiary/aromatic N) is 3. The molecule has 1 atom stereocenters. The number of imidazole rings is 1. The van der Waals surface area contributed by atoms with Crippen molar-refractivity contribution in [3.05, 3.63) is 101 Å². The minimum Gasteiger partial charge on any atom is -0.303 e. The number of rotatable bonds is 6. The van der Waals surface area contributed by atoms with Crippen LogP contribution in [0.1, 0.15) is 49.8 Å². The van der Waals surface area contributed by atoms with Crippen LogP contribution < -0.4 is 0 Å². The lowest BCUT2D eigenvalue weighted by molar-refractivity contribution is 0.312. The molecule has 4 aromatic rings. The molecule has 1 fully saturated rings. The number of halogens is 1. The highest BCUT2D eigenvalue weighted by atomic mass is 35.5. The van der Waals surface area contributed by atoms with E-state index in [0.29, 0.717) is 10.9 Å². The van der Waals surface area contributed by atoms with E-state index >= 15 is 0 Å². The van der Waals surface area contributed by atoms with Crippen LogP contribution >= 0.6 is 11.6 Å².